The molecule has 1 rings (SSSR count). The minimum absolute atomic E-state index is 0.0162. The number of carboxylic acid groups (broad SMARTS) is 1. The van der Waals surface area contributed by atoms with E-state index in [4.69, 9.17) is 5.11 Å². The lowest BCUT2D eigenvalue weighted by Gasteiger charge is -2.13. The van der Waals surface area contributed by atoms with Crippen molar-refractivity contribution in [3.63, 3.8) is 0 Å². The first kappa shape index (κ1) is 15.4. The number of carbonyl (C=O) groups excluding carboxylic acids is 1. The van der Waals surface area contributed by atoms with E-state index >= 15 is 0 Å². The third-order valence-electron chi connectivity index (χ3n) is 2.68. The SMILES string of the molecule is Cc1ccccc1NC(=O)C(C)S(=O)CCC(=O)O. The van der Waals surface area contributed by atoms with E-state index in [1.54, 1.807) is 12.1 Å². The fourth-order valence-corrected chi connectivity index (χ4v) is 2.46. The number of benzene rings is 1. The van der Waals surface area contributed by atoms with Crippen LogP contribution in [-0.4, -0.2) is 32.2 Å². The van der Waals surface area contributed by atoms with Crippen molar-refractivity contribution in [1.82, 2.24) is 0 Å². The number of amides is 1. The molecule has 0 saturated heterocycles. The normalized spacial score (nSPS) is 13.6. The highest BCUT2D eigenvalue weighted by Crippen LogP contribution is 2.14. The minimum Gasteiger partial charge on any atom is -0.481 e. The van der Waals surface area contributed by atoms with Crippen LogP contribution in [-0.2, 0) is 20.4 Å². The summed E-state index contributed by atoms with van der Waals surface area (Å²) in [4.78, 5) is 22.3. The molecule has 0 aliphatic carbocycles. The second-order valence-electron chi connectivity index (χ2n) is 4.18. The summed E-state index contributed by atoms with van der Waals surface area (Å²) in [6.07, 6.45) is -0.200. The largest absolute Gasteiger partial charge is 0.481 e. The minimum atomic E-state index is -1.49. The zero-order chi connectivity index (χ0) is 14.4. The van der Waals surface area contributed by atoms with E-state index in [1.165, 1.54) is 6.92 Å². The second-order valence-corrected chi connectivity index (χ2v) is 6.05. The Bertz CT molecular complexity index is 501. The van der Waals surface area contributed by atoms with Gasteiger partial charge in [-0.1, -0.05) is 18.2 Å². The van der Waals surface area contributed by atoms with Gasteiger partial charge in [-0.05, 0) is 25.5 Å². The third kappa shape index (κ3) is 4.82. The number of carbonyl (C=O) groups is 2. The summed E-state index contributed by atoms with van der Waals surface area (Å²) in [6.45, 7) is 3.40. The lowest BCUT2D eigenvalue weighted by atomic mass is 10.2. The molecule has 2 unspecified atom stereocenters. The lowest BCUT2D eigenvalue weighted by Crippen LogP contribution is -2.31. The molecule has 5 nitrogen and oxygen atoms in total. The van der Waals surface area contributed by atoms with Gasteiger partial charge in [-0.15, -0.1) is 0 Å². The van der Waals surface area contributed by atoms with Gasteiger partial charge in [-0.2, -0.15) is 0 Å². The quantitative estimate of drug-likeness (QED) is 0.829. The van der Waals surface area contributed by atoms with Gasteiger partial charge in [0, 0.05) is 22.2 Å². The first-order chi connectivity index (χ1) is 8.91. The summed E-state index contributed by atoms with van der Waals surface area (Å²) in [6, 6.07) is 7.29. The van der Waals surface area contributed by atoms with Crippen molar-refractivity contribution < 1.29 is 18.9 Å². The summed E-state index contributed by atoms with van der Waals surface area (Å²) < 4.78 is 11.8. The molecule has 0 radical (unpaired) electrons. The predicted octanol–water partition coefficient (Wildman–Crippen LogP) is 1.55. The van der Waals surface area contributed by atoms with Gasteiger partial charge < -0.3 is 10.4 Å². The van der Waals surface area contributed by atoms with E-state index < -0.39 is 22.0 Å². The van der Waals surface area contributed by atoms with Crippen molar-refractivity contribution >= 4 is 28.4 Å². The average Bonchev–Trinajstić information content (AvgIpc) is 2.37. The summed E-state index contributed by atoms with van der Waals surface area (Å²) in [5.74, 6) is -1.39. The van der Waals surface area contributed by atoms with Crippen LogP contribution >= 0.6 is 0 Å². The Hall–Kier alpha value is -1.69. The molecule has 1 aromatic carbocycles. The van der Waals surface area contributed by atoms with Crippen molar-refractivity contribution in [2.24, 2.45) is 0 Å². The van der Waals surface area contributed by atoms with Crippen LogP contribution in [0.15, 0.2) is 24.3 Å². The van der Waals surface area contributed by atoms with Crippen molar-refractivity contribution in [2.45, 2.75) is 25.5 Å². The number of carboxylic acids is 1. The number of aryl methyl sites for hydroxylation is 1. The second kappa shape index (κ2) is 7.04. The summed E-state index contributed by atoms with van der Waals surface area (Å²) in [7, 11) is -1.49. The Morgan fingerprint density at radius 2 is 2.00 bits per heavy atom. The number of anilines is 1. The smallest absolute Gasteiger partial charge is 0.304 e. The Labute approximate surface area is 114 Å². The van der Waals surface area contributed by atoms with E-state index in [0.717, 1.165) is 5.56 Å². The standard InChI is InChI=1S/C13H17NO4S/c1-9-5-3-4-6-11(9)14-13(17)10(2)19(18)8-7-12(15)16/h3-6,10H,7-8H2,1-2H3,(H,14,17)(H,15,16). The Morgan fingerprint density at radius 3 is 2.58 bits per heavy atom. The van der Waals surface area contributed by atoms with Gasteiger partial charge in [0.1, 0.15) is 5.25 Å². The zero-order valence-electron chi connectivity index (χ0n) is 10.9. The number of hydrogen-bond acceptors (Lipinski definition) is 3. The van der Waals surface area contributed by atoms with Gasteiger partial charge >= 0.3 is 5.97 Å². The molecule has 0 heterocycles. The summed E-state index contributed by atoms with van der Waals surface area (Å²) in [5.41, 5.74) is 1.59. The first-order valence-corrected chi connectivity index (χ1v) is 7.25. The molecule has 2 atom stereocenters. The topological polar surface area (TPSA) is 83.5 Å². The molecule has 0 fully saturated rings. The van der Waals surface area contributed by atoms with E-state index in [1.807, 2.05) is 19.1 Å². The molecule has 2 N–H and O–H groups in total. The Morgan fingerprint density at radius 1 is 1.37 bits per heavy atom. The van der Waals surface area contributed by atoms with Crippen LogP contribution < -0.4 is 5.32 Å². The van der Waals surface area contributed by atoms with Crippen LogP contribution in [0.2, 0.25) is 0 Å². The molecule has 0 saturated carbocycles. The highest BCUT2D eigenvalue weighted by Gasteiger charge is 2.20. The molecule has 0 aliphatic heterocycles. The van der Waals surface area contributed by atoms with Crippen LogP contribution in [0.1, 0.15) is 18.9 Å². The molecule has 1 amide bonds. The van der Waals surface area contributed by atoms with E-state index in [-0.39, 0.29) is 18.1 Å². The van der Waals surface area contributed by atoms with Crippen LogP contribution in [0.25, 0.3) is 0 Å². The number of nitrogens with one attached hydrogen (secondary N) is 1. The molecule has 0 aliphatic rings. The van der Waals surface area contributed by atoms with Crippen LogP contribution in [0.3, 0.4) is 0 Å². The Kier molecular flexibility index (Phi) is 5.69. The first-order valence-electron chi connectivity index (χ1n) is 5.87. The highest BCUT2D eigenvalue weighted by atomic mass is 32.2. The van der Waals surface area contributed by atoms with Gasteiger partial charge in [0.05, 0.1) is 6.42 Å². The van der Waals surface area contributed by atoms with Crippen LogP contribution in [0.5, 0.6) is 0 Å². The van der Waals surface area contributed by atoms with Gasteiger partial charge in [-0.3, -0.25) is 13.8 Å². The fourth-order valence-electron chi connectivity index (χ4n) is 1.43. The number of para-hydroxylation sites is 1. The Balaban J connectivity index is 2.60. The molecule has 104 valence electrons. The maximum absolute atomic E-state index is 11.9. The lowest BCUT2D eigenvalue weighted by molar-refractivity contribution is -0.136. The van der Waals surface area contributed by atoms with Crippen molar-refractivity contribution in [3.05, 3.63) is 29.8 Å². The van der Waals surface area contributed by atoms with Crippen LogP contribution in [0.4, 0.5) is 5.69 Å². The summed E-state index contributed by atoms with van der Waals surface area (Å²) >= 11 is 0. The number of rotatable bonds is 6. The van der Waals surface area contributed by atoms with Crippen LogP contribution in [0, 0.1) is 6.92 Å². The number of aliphatic carboxylic acids is 1. The zero-order valence-corrected chi connectivity index (χ0v) is 11.7. The van der Waals surface area contributed by atoms with Crippen molar-refractivity contribution in [3.8, 4) is 0 Å². The van der Waals surface area contributed by atoms with Gasteiger partial charge in [0.15, 0.2) is 0 Å². The van der Waals surface area contributed by atoms with Gasteiger partial charge in [-0.25, -0.2) is 0 Å². The van der Waals surface area contributed by atoms with Crippen molar-refractivity contribution in [1.29, 1.82) is 0 Å². The monoisotopic (exact) mass is 283 g/mol. The molecular weight excluding hydrogens is 266 g/mol. The maximum Gasteiger partial charge on any atom is 0.304 e. The molecule has 1 aromatic rings. The van der Waals surface area contributed by atoms with E-state index in [2.05, 4.69) is 5.32 Å². The molecule has 0 bridgehead atoms. The van der Waals surface area contributed by atoms with E-state index in [0.29, 0.717) is 5.69 Å². The molecule has 6 heteroatoms. The summed E-state index contributed by atoms with van der Waals surface area (Å²) in [5, 5.41) is 10.5. The maximum atomic E-state index is 11.9. The van der Waals surface area contributed by atoms with Crippen molar-refractivity contribution in [2.75, 3.05) is 11.1 Å². The molecular formula is C13H17NO4S. The molecule has 0 aromatic heterocycles. The average molecular weight is 283 g/mol. The van der Waals surface area contributed by atoms with Gasteiger partial charge in [0.2, 0.25) is 5.91 Å². The molecule has 19 heavy (non-hydrogen) atoms. The highest BCUT2D eigenvalue weighted by molar-refractivity contribution is 7.86. The third-order valence-corrected chi connectivity index (χ3v) is 4.29. The molecule has 0 spiro atoms. The van der Waals surface area contributed by atoms with E-state index in [9.17, 15) is 13.8 Å². The number of hydrogen-bond donors (Lipinski definition) is 2. The van der Waals surface area contributed by atoms with Gasteiger partial charge in [0.25, 0.3) is 0 Å². The predicted molar refractivity (Wildman–Crippen MR) is 74.5 cm³/mol. The fraction of sp³-hybridized carbons (Fsp3) is 0.385.